The summed E-state index contributed by atoms with van der Waals surface area (Å²) in [5.41, 5.74) is 0. The molecule has 0 aromatic rings. The van der Waals surface area contributed by atoms with Crippen LogP contribution >= 0.6 is 0 Å². The number of amides is 2. The van der Waals surface area contributed by atoms with Crippen LogP contribution in [0.2, 0.25) is 0 Å². The molecule has 6 nitrogen and oxygen atoms in total. The minimum atomic E-state index is -0.996. The van der Waals surface area contributed by atoms with Crippen molar-refractivity contribution in [1.29, 1.82) is 0 Å². The molecule has 2 amide bonds. The zero-order valence-electron chi connectivity index (χ0n) is 11.6. The van der Waals surface area contributed by atoms with Gasteiger partial charge in [-0.2, -0.15) is 0 Å². The molecule has 0 aromatic carbocycles. The van der Waals surface area contributed by atoms with E-state index in [1.165, 1.54) is 12.8 Å². The number of rotatable bonds is 6. The fraction of sp³-hybridized carbons (Fsp3) is 0.846. The first-order valence-electron chi connectivity index (χ1n) is 6.95. The maximum absolute atomic E-state index is 11.9. The van der Waals surface area contributed by atoms with Gasteiger partial charge in [-0.1, -0.05) is 13.3 Å². The van der Waals surface area contributed by atoms with Gasteiger partial charge in [-0.3, -0.25) is 0 Å². The van der Waals surface area contributed by atoms with E-state index in [1.54, 1.807) is 0 Å². The van der Waals surface area contributed by atoms with Gasteiger partial charge in [-0.15, -0.1) is 0 Å². The van der Waals surface area contributed by atoms with Gasteiger partial charge in [0.1, 0.15) is 6.61 Å². The van der Waals surface area contributed by atoms with Gasteiger partial charge in [-0.25, -0.2) is 9.59 Å². The Morgan fingerprint density at radius 2 is 2.16 bits per heavy atom. The van der Waals surface area contributed by atoms with Gasteiger partial charge in [-0.05, 0) is 25.2 Å². The molecular formula is C13H24N2O4. The van der Waals surface area contributed by atoms with Crippen molar-refractivity contribution in [2.75, 3.05) is 32.8 Å². The second kappa shape index (κ2) is 8.74. The summed E-state index contributed by atoms with van der Waals surface area (Å²) in [7, 11) is 0. The number of likely N-dealkylation sites (tertiary alicyclic amines) is 1. The van der Waals surface area contributed by atoms with Crippen LogP contribution in [0.5, 0.6) is 0 Å². The SMILES string of the molecule is CCC1CCCN(C(=O)NCCOCC(=O)O)CC1. The highest BCUT2D eigenvalue weighted by Crippen LogP contribution is 2.19. The number of urea groups is 1. The molecule has 0 aliphatic carbocycles. The Bertz CT molecular complexity index is 296. The Kier molecular flexibility index (Phi) is 7.25. The van der Waals surface area contributed by atoms with Gasteiger partial charge >= 0.3 is 12.0 Å². The van der Waals surface area contributed by atoms with Crippen LogP contribution < -0.4 is 5.32 Å². The Morgan fingerprint density at radius 3 is 2.84 bits per heavy atom. The maximum Gasteiger partial charge on any atom is 0.329 e. The molecule has 0 bridgehead atoms. The number of carbonyl (C=O) groups excluding carboxylic acids is 1. The highest BCUT2D eigenvalue weighted by Gasteiger charge is 2.19. The molecule has 1 heterocycles. The molecule has 0 spiro atoms. The maximum atomic E-state index is 11.9. The first-order chi connectivity index (χ1) is 9.13. The normalized spacial score (nSPS) is 19.8. The molecule has 19 heavy (non-hydrogen) atoms. The molecule has 1 rings (SSSR count). The highest BCUT2D eigenvalue weighted by molar-refractivity contribution is 5.74. The summed E-state index contributed by atoms with van der Waals surface area (Å²) < 4.78 is 4.86. The van der Waals surface area contributed by atoms with E-state index in [-0.39, 0.29) is 19.2 Å². The molecule has 1 saturated heterocycles. The molecule has 2 N–H and O–H groups in total. The Balaban J connectivity index is 2.16. The minimum absolute atomic E-state index is 0.0734. The molecule has 0 saturated carbocycles. The lowest BCUT2D eigenvalue weighted by molar-refractivity contribution is -0.142. The Morgan fingerprint density at radius 1 is 1.37 bits per heavy atom. The fourth-order valence-corrected chi connectivity index (χ4v) is 2.28. The van der Waals surface area contributed by atoms with Crippen molar-refractivity contribution in [2.45, 2.75) is 32.6 Å². The molecule has 0 aromatic heterocycles. The van der Waals surface area contributed by atoms with Crippen molar-refractivity contribution in [1.82, 2.24) is 10.2 Å². The van der Waals surface area contributed by atoms with Gasteiger partial charge < -0.3 is 20.1 Å². The first kappa shape index (κ1) is 15.8. The van der Waals surface area contributed by atoms with Gasteiger partial charge in [0.2, 0.25) is 0 Å². The van der Waals surface area contributed by atoms with Crippen molar-refractivity contribution in [3.8, 4) is 0 Å². The summed E-state index contributed by atoms with van der Waals surface area (Å²) in [5.74, 6) is -0.263. The van der Waals surface area contributed by atoms with E-state index >= 15 is 0 Å². The van der Waals surface area contributed by atoms with Crippen LogP contribution in [-0.4, -0.2) is 54.9 Å². The van der Waals surface area contributed by atoms with Crippen LogP contribution in [-0.2, 0) is 9.53 Å². The van der Waals surface area contributed by atoms with Gasteiger partial charge in [0, 0.05) is 19.6 Å². The third-order valence-corrected chi connectivity index (χ3v) is 3.46. The van der Waals surface area contributed by atoms with Crippen LogP contribution in [0.1, 0.15) is 32.6 Å². The van der Waals surface area contributed by atoms with E-state index in [2.05, 4.69) is 12.2 Å². The Labute approximate surface area is 114 Å². The largest absolute Gasteiger partial charge is 0.480 e. The molecule has 1 aliphatic rings. The average Bonchev–Trinajstić information content (AvgIpc) is 2.63. The van der Waals surface area contributed by atoms with Crippen LogP contribution in [0.3, 0.4) is 0 Å². The lowest BCUT2D eigenvalue weighted by Gasteiger charge is -2.21. The number of aliphatic carboxylic acids is 1. The van der Waals surface area contributed by atoms with Gasteiger partial charge in [0.25, 0.3) is 0 Å². The molecule has 0 radical (unpaired) electrons. The third kappa shape index (κ3) is 6.42. The van der Waals surface area contributed by atoms with E-state index in [9.17, 15) is 9.59 Å². The summed E-state index contributed by atoms with van der Waals surface area (Å²) in [6, 6.07) is -0.0734. The van der Waals surface area contributed by atoms with E-state index in [0.29, 0.717) is 6.54 Å². The quantitative estimate of drug-likeness (QED) is 0.715. The number of hydrogen-bond donors (Lipinski definition) is 2. The van der Waals surface area contributed by atoms with Crippen molar-refractivity contribution < 1.29 is 19.4 Å². The van der Waals surface area contributed by atoms with E-state index in [4.69, 9.17) is 9.84 Å². The number of carboxylic acids is 1. The van der Waals surface area contributed by atoms with E-state index in [1.807, 2.05) is 4.90 Å². The summed E-state index contributed by atoms with van der Waals surface area (Å²) in [4.78, 5) is 23.9. The van der Waals surface area contributed by atoms with E-state index < -0.39 is 5.97 Å². The number of nitrogens with one attached hydrogen (secondary N) is 1. The summed E-state index contributed by atoms with van der Waals surface area (Å²) in [6.07, 6.45) is 4.50. The number of hydrogen-bond acceptors (Lipinski definition) is 3. The van der Waals surface area contributed by atoms with E-state index in [0.717, 1.165) is 31.8 Å². The first-order valence-corrected chi connectivity index (χ1v) is 6.95. The molecule has 110 valence electrons. The van der Waals surface area contributed by atoms with Crippen LogP contribution in [0.15, 0.2) is 0 Å². The standard InChI is InChI=1S/C13H24N2O4/c1-2-11-4-3-7-15(8-5-11)13(18)14-6-9-19-10-12(16)17/h11H,2-10H2,1H3,(H,14,18)(H,16,17). The van der Waals surface area contributed by atoms with Crippen molar-refractivity contribution >= 4 is 12.0 Å². The predicted molar refractivity (Wildman–Crippen MR) is 71.1 cm³/mol. The fourth-order valence-electron chi connectivity index (χ4n) is 2.28. The average molecular weight is 272 g/mol. The lowest BCUT2D eigenvalue weighted by atomic mass is 9.98. The molecule has 6 heteroatoms. The molecular weight excluding hydrogens is 248 g/mol. The van der Waals surface area contributed by atoms with Crippen LogP contribution in [0, 0.1) is 5.92 Å². The summed E-state index contributed by atoms with van der Waals surface area (Å²) in [6.45, 7) is 4.06. The number of carboxylic acid groups (broad SMARTS) is 1. The predicted octanol–water partition coefficient (Wildman–Crippen LogP) is 1.31. The summed E-state index contributed by atoms with van der Waals surface area (Å²) >= 11 is 0. The minimum Gasteiger partial charge on any atom is -0.480 e. The van der Waals surface area contributed by atoms with Crippen molar-refractivity contribution in [2.24, 2.45) is 5.92 Å². The zero-order valence-corrected chi connectivity index (χ0v) is 11.6. The third-order valence-electron chi connectivity index (χ3n) is 3.46. The van der Waals surface area contributed by atoms with Crippen molar-refractivity contribution in [3.05, 3.63) is 0 Å². The second-order valence-corrected chi connectivity index (χ2v) is 4.87. The monoisotopic (exact) mass is 272 g/mol. The topological polar surface area (TPSA) is 78.9 Å². The molecule has 1 aliphatic heterocycles. The smallest absolute Gasteiger partial charge is 0.329 e. The zero-order chi connectivity index (χ0) is 14.1. The lowest BCUT2D eigenvalue weighted by Crippen LogP contribution is -2.41. The highest BCUT2D eigenvalue weighted by atomic mass is 16.5. The second-order valence-electron chi connectivity index (χ2n) is 4.87. The molecule has 1 unspecified atom stereocenters. The Hall–Kier alpha value is -1.30. The molecule has 1 fully saturated rings. The van der Waals surface area contributed by atoms with Gasteiger partial charge in [0.05, 0.1) is 6.61 Å². The van der Waals surface area contributed by atoms with Gasteiger partial charge in [0.15, 0.2) is 0 Å². The van der Waals surface area contributed by atoms with Crippen LogP contribution in [0.25, 0.3) is 0 Å². The number of ether oxygens (including phenoxy) is 1. The van der Waals surface area contributed by atoms with Crippen LogP contribution in [0.4, 0.5) is 4.79 Å². The number of carbonyl (C=O) groups is 2. The number of nitrogens with zero attached hydrogens (tertiary/aromatic N) is 1. The summed E-state index contributed by atoms with van der Waals surface area (Å²) in [5, 5.41) is 11.1. The van der Waals surface area contributed by atoms with Crippen molar-refractivity contribution in [3.63, 3.8) is 0 Å². The molecule has 1 atom stereocenters.